The summed E-state index contributed by atoms with van der Waals surface area (Å²) in [6.45, 7) is 2.36. The zero-order chi connectivity index (χ0) is 7.90. The predicted octanol–water partition coefficient (Wildman–Crippen LogP) is 1.42. The number of nitrogens with two attached hydrogens (primary N) is 1. The number of hydrogen-bond acceptors (Lipinski definition) is 2. The first kappa shape index (κ1) is 7.56. The summed E-state index contributed by atoms with van der Waals surface area (Å²) in [4.78, 5) is 0. The Hall–Kier alpha value is -0.0800. The molecule has 0 spiro atoms. The molecule has 3 N–H and O–H groups in total. The Labute approximate surface area is 68.5 Å². The van der Waals surface area contributed by atoms with E-state index in [1.54, 1.807) is 0 Å². The van der Waals surface area contributed by atoms with Gasteiger partial charge in [0.1, 0.15) is 0 Å². The topological polar surface area (TPSA) is 38.0 Å². The molecule has 1 unspecified atom stereocenters. The second kappa shape index (κ2) is 2.46. The second-order valence-electron chi connectivity index (χ2n) is 4.49. The van der Waals surface area contributed by atoms with Crippen LogP contribution in [0, 0.1) is 11.3 Å². The molecule has 2 aliphatic carbocycles. The summed E-state index contributed by atoms with van der Waals surface area (Å²) >= 11 is 0. The van der Waals surface area contributed by atoms with Gasteiger partial charge >= 0.3 is 0 Å². The molecule has 2 fully saturated rings. The summed E-state index contributed by atoms with van der Waals surface area (Å²) in [6.07, 6.45) is 6.95. The Morgan fingerprint density at radius 2 is 2.09 bits per heavy atom. The minimum Gasteiger partial charge on any atom is -0.271 e. The van der Waals surface area contributed by atoms with E-state index in [9.17, 15) is 0 Å². The number of nitrogens with one attached hydrogen (secondary N) is 1. The van der Waals surface area contributed by atoms with Gasteiger partial charge < -0.3 is 0 Å². The van der Waals surface area contributed by atoms with Crippen molar-refractivity contribution < 1.29 is 0 Å². The van der Waals surface area contributed by atoms with Crippen LogP contribution in [0.25, 0.3) is 0 Å². The van der Waals surface area contributed by atoms with Crippen molar-refractivity contribution in [3.05, 3.63) is 0 Å². The lowest BCUT2D eigenvalue weighted by molar-refractivity contribution is 0.170. The van der Waals surface area contributed by atoms with Gasteiger partial charge in [0.2, 0.25) is 0 Å². The number of rotatable bonds is 3. The van der Waals surface area contributed by atoms with Crippen LogP contribution in [0.1, 0.15) is 39.0 Å². The third kappa shape index (κ3) is 1.18. The van der Waals surface area contributed by atoms with E-state index in [1.165, 1.54) is 32.1 Å². The summed E-state index contributed by atoms with van der Waals surface area (Å²) in [5.41, 5.74) is 3.56. The molecule has 2 heteroatoms. The van der Waals surface area contributed by atoms with Crippen molar-refractivity contribution in [1.82, 2.24) is 5.43 Å². The molecule has 0 aromatic carbocycles. The maximum absolute atomic E-state index is 5.56. The lowest BCUT2D eigenvalue weighted by atomic mass is 9.74. The van der Waals surface area contributed by atoms with E-state index in [0.717, 1.165) is 5.92 Å². The highest BCUT2D eigenvalue weighted by atomic mass is 15.2. The molecule has 2 rings (SSSR count). The van der Waals surface area contributed by atoms with Crippen LogP contribution in [0.15, 0.2) is 0 Å². The van der Waals surface area contributed by atoms with Crippen molar-refractivity contribution in [3.8, 4) is 0 Å². The van der Waals surface area contributed by atoms with Gasteiger partial charge in [0.15, 0.2) is 0 Å². The van der Waals surface area contributed by atoms with Crippen molar-refractivity contribution in [2.24, 2.45) is 17.2 Å². The largest absolute Gasteiger partial charge is 0.271 e. The Morgan fingerprint density at radius 3 is 2.36 bits per heavy atom. The molecule has 0 aliphatic heterocycles. The van der Waals surface area contributed by atoms with Gasteiger partial charge in [-0.2, -0.15) is 0 Å². The van der Waals surface area contributed by atoms with E-state index in [-0.39, 0.29) is 0 Å². The first-order valence-electron chi connectivity index (χ1n) is 4.72. The van der Waals surface area contributed by atoms with Crippen molar-refractivity contribution >= 4 is 0 Å². The summed E-state index contributed by atoms with van der Waals surface area (Å²) in [5.74, 6) is 6.44. The van der Waals surface area contributed by atoms with Crippen LogP contribution < -0.4 is 11.3 Å². The third-order valence-electron chi connectivity index (χ3n) is 3.59. The summed E-state index contributed by atoms with van der Waals surface area (Å²) in [6, 6.07) is 0.608. The molecule has 2 nitrogen and oxygen atoms in total. The smallest absolute Gasteiger partial charge is 0.0292 e. The Balaban J connectivity index is 1.94. The zero-order valence-corrected chi connectivity index (χ0v) is 7.27. The number of hydrogen-bond donors (Lipinski definition) is 2. The van der Waals surface area contributed by atoms with Gasteiger partial charge in [0, 0.05) is 6.04 Å². The van der Waals surface area contributed by atoms with Gasteiger partial charge in [0.05, 0.1) is 0 Å². The van der Waals surface area contributed by atoms with E-state index in [0.29, 0.717) is 11.5 Å². The van der Waals surface area contributed by atoms with Crippen LogP contribution >= 0.6 is 0 Å². The summed E-state index contributed by atoms with van der Waals surface area (Å²) < 4.78 is 0. The van der Waals surface area contributed by atoms with Gasteiger partial charge in [-0.25, -0.2) is 0 Å². The van der Waals surface area contributed by atoms with Crippen molar-refractivity contribution in [1.29, 1.82) is 0 Å². The highest BCUT2D eigenvalue weighted by molar-refractivity contribution is 5.02. The lowest BCUT2D eigenvalue weighted by Crippen LogP contribution is -2.48. The zero-order valence-electron chi connectivity index (χ0n) is 7.27. The molecule has 2 aliphatic rings. The fourth-order valence-electron chi connectivity index (χ4n) is 2.19. The maximum atomic E-state index is 5.56. The maximum Gasteiger partial charge on any atom is 0.0292 e. The van der Waals surface area contributed by atoms with Gasteiger partial charge in [0.25, 0.3) is 0 Å². The summed E-state index contributed by atoms with van der Waals surface area (Å²) in [7, 11) is 0. The fourth-order valence-corrected chi connectivity index (χ4v) is 2.19. The highest BCUT2D eigenvalue weighted by Crippen LogP contribution is 2.52. The van der Waals surface area contributed by atoms with Crippen LogP contribution in [0.5, 0.6) is 0 Å². The minimum absolute atomic E-state index is 0.555. The molecule has 0 aromatic rings. The Kier molecular flexibility index (Phi) is 1.69. The van der Waals surface area contributed by atoms with Crippen LogP contribution in [0.3, 0.4) is 0 Å². The molecule has 0 saturated heterocycles. The molecule has 0 radical (unpaired) electrons. The molecule has 2 saturated carbocycles. The fraction of sp³-hybridized carbons (Fsp3) is 1.00. The molecule has 0 bridgehead atoms. The van der Waals surface area contributed by atoms with Crippen LogP contribution in [-0.4, -0.2) is 6.04 Å². The van der Waals surface area contributed by atoms with E-state index in [1.807, 2.05) is 0 Å². The predicted molar refractivity (Wildman–Crippen MR) is 45.8 cm³/mol. The van der Waals surface area contributed by atoms with E-state index < -0.39 is 0 Å². The normalized spacial score (nSPS) is 31.1. The molecule has 0 aromatic heterocycles. The summed E-state index contributed by atoms with van der Waals surface area (Å²) in [5, 5.41) is 0. The van der Waals surface area contributed by atoms with E-state index in [2.05, 4.69) is 12.3 Å². The van der Waals surface area contributed by atoms with Crippen molar-refractivity contribution in [2.45, 2.75) is 45.1 Å². The van der Waals surface area contributed by atoms with E-state index >= 15 is 0 Å². The van der Waals surface area contributed by atoms with Gasteiger partial charge in [-0.1, -0.05) is 13.3 Å². The molecule has 0 heterocycles. The lowest BCUT2D eigenvalue weighted by Gasteiger charge is -2.37. The van der Waals surface area contributed by atoms with Gasteiger partial charge in [-0.3, -0.25) is 11.3 Å². The third-order valence-corrected chi connectivity index (χ3v) is 3.59. The van der Waals surface area contributed by atoms with Crippen LogP contribution in [0.4, 0.5) is 0 Å². The molecule has 1 atom stereocenters. The first-order chi connectivity index (χ1) is 5.26. The second-order valence-corrected chi connectivity index (χ2v) is 4.49. The minimum atomic E-state index is 0.555. The number of hydrazine groups is 1. The van der Waals surface area contributed by atoms with Crippen molar-refractivity contribution in [2.75, 3.05) is 0 Å². The highest BCUT2D eigenvalue weighted by Gasteiger charge is 2.48. The van der Waals surface area contributed by atoms with Crippen molar-refractivity contribution in [3.63, 3.8) is 0 Å². The molecule has 0 amide bonds. The SMILES string of the molecule is CC1(C(NN)C2CCC2)CC1. The Bertz CT molecular complexity index is 148. The van der Waals surface area contributed by atoms with Crippen LogP contribution in [0.2, 0.25) is 0 Å². The first-order valence-corrected chi connectivity index (χ1v) is 4.72. The monoisotopic (exact) mass is 154 g/mol. The van der Waals surface area contributed by atoms with E-state index in [4.69, 9.17) is 5.84 Å². The quantitative estimate of drug-likeness (QED) is 0.476. The molecular weight excluding hydrogens is 136 g/mol. The van der Waals surface area contributed by atoms with Gasteiger partial charge in [-0.05, 0) is 37.0 Å². The Morgan fingerprint density at radius 1 is 1.45 bits per heavy atom. The average molecular weight is 154 g/mol. The van der Waals surface area contributed by atoms with Gasteiger partial charge in [-0.15, -0.1) is 0 Å². The molecule has 11 heavy (non-hydrogen) atoms. The molecular formula is C9H18N2. The van der Waals surface area contributed by atoms with Crippen LogP contribution in [-0.2, 0) is 0 Å². The average Bonchev–Trinajstić information content (AvgIpc) is 2.59. The molecule has 64 valence electrons. The standard InChI is InChI=1S/C9H18N2/c1-9(5-6-9)8(11-10)7-3-2-4-7/h7-8,11H,2-6,10H2,1H3.